The van der Waals surface area contributed by atoms with Crippen molar-refractivity contribution in [2.24, 2.45) is 11.8 Å². The second-order valence-electron chi connectivity index (χ2n) is 3.80. The van der Waals surface area contributed by atoms with E-state index in [4.69, 9.17) is 5.11 Å². The molecule has 0 aromatic carbocycles. The number of carboxylic acids is 1. The molecule has 1 N–H and O–H groups in total. The summed E-state index contributed by atoms with van der Waals surface area (Å²) in [4.78, 5) is 22.3. The lowest BCUT2D eigenvalue weighted by atomic mass is 9.88. The maximum Gasteiger partial charge on any atom is 0.309 e. The number of hydrogen-bond donors (Lipinski definition) is 1. The molecule has 7 heteroatoms. The van der Waals surface area contributed by atoms with E-state index in [1.165, 1.54) is 7.11 Å². The number of ether oxygens (including phenoxy) is 1. The standard InChI is InChI=1S/C9H14O6S/c1-15-9(12)7-3-5-16(13,14)4-2-6(7)8(10)11/h6-7H,2-5H2,1H3,(H,10,11)/t6-,7+/m1/s1. The lowest BCUT2D eigenvalue weighted by Gasteiger charge is -2.17. The Morgan fingerprint density at radius 3 is 2.12 bits per heavy atom. The zero-order valence-corrected chi connectivity index (χ0v) is 9.70. The monoisotopic (exact) mass is 250 g/mol. The van der Waals surface area contributed by atoms with Crippen molar-refractivity contribution in [3.63, 3.8) is 0 Å². The Morgan fingerprint density at radius 2 is 1.69 bits per heavy atom. The molecule has 1 aliphatic heterocycles. The Hall–Kier alpha value is -1.11. The molecular weight excluding hydrogens is 236 g/mol. The third-order valence-corrected chi connectivity index (χ3v) is 4.50. The van der Waals surface area contributed by atoms with Crippen molar-refractivity contribution in [3.05, 3.63) is 0 Å². The summed E-state index contributed by atoms with van der Waals surface area (Å²) in [5.74, 6) is -3.96. The minimum atomic E-state index is -3.23. The van der Waals surface area contributed by atoms with E-state index in [-0.39, 0.29) is 24.3 Å². The van der Waals surface area contributed by atoms with Gasteiger partial charge in [-0.05, 0) is 12.8 Å². The number of hydrogen-bond acceptors (Lipinski definition) is 5. The van der Waals surface area contributed by atoms with Crippen LogP contribution in [0.1, 0.15) is 12.8 Å². The van der Waals surface area contributed by atoms with Crippen molar-refractivity contribution in [1.82, 2.24) is 0 Å². The molecule has 6 nitrogen and oxygen atoms in total. The molecular formula is C9H14O6S. The van der Waals surface area contributed by atoms with Crippen LogP contribution < -0.4 is 0 Å². The normalized spacial score (nSPS) is 29.1. The van der Waals surface area contributed by atoms with Crippen LogP contribution in [0.4, 0.5) is 0 Å². The average molecular weight is 250 g/mol. The quantitative estimate of drug-likeness (QED) is 0.675. The molecule has 0 radical (unpaired) electrons. The first kappa shape index (κ1) is 13.0. The highest BCUT2D eigenvalue weighted by atomic mass is 32.2. The van der Waals surface area contributed by atoms with Crippen LogP contribution in [0.2, 0.25) is 0 Å². The number of carbonyl (C=O) groups excluding carboxylic acids is 1. The van der Waals surface area contributed by atoms with Gasteiger partial charge in [0.25, 0.3) is 0 Å². The first-order valence-corrected chi connectivity index (χ1v) is 6.70. The third kappa shape index (κ3) is 2.94. The Morgan fingerprint density at radius 1 is 1.19 bits per heavy atom. The SMILES string of the molecule is COC(=O)[C@H]1CCS(=O)(=O)CC[C@H]1C(=O)O. The molecule has 1 fully saturated rings. The molecule has 1 aliphatic rings. The van der Waals surface area contributed by atoms with Crippen molar-refractivity contribution >= 4 is 21.8 Å². The third-order valence-electron chi connectivity index (χ3n) is 2.79. The van der Waals surface area contributed by atoms with Gasteiger partial charge in [-0.3, -0.25) is 9.59 Å². The van der Waals surface area contributed by atoms with Gasteiger partial charge in [0.2, 0.25) is 0 Å². The van der Waals surface area contributed by atoms with E-state index in [9.17, 15) is 18.0 Å². The van der Waals surface area contributed by atoms with Crippen molar-refractivity contribution in [1.29, 1.82) is 0 Å². The minimum absolute atomic E-state index is 0.0198. The maximum atomic E-state index is 11.4. The molecule has 0 aromatic rings. The van der Waals surface area contributed by atoms with Gasteiger partial charge in [0.1, 0.15) is 9.84 Å². The van der Waals surface area contributed by atoms with Crippen LogP contribution >= 0.6 is 0 Å². The van der Waals surface area contributed by atoms with Gasteiger partial charge in [0.15, 0.2) is 0 Å². The van der Waals surface area contributed by atoms with E-state index < -0.39 is 33.6 Å². The molecule has 1 rings (SSSR count). The maximum absolute atomic E-state index is 11.4. The summed E-state index contributed by atoms with van der Waals surface area (Å²) >= 11 is 0. The summed E-state index contributed by atoms with van der Waals surface area (Å²) in [5, 5.41) is 8.95. The largest absolute Gasteiger partial charge is 0.481 e. The van der Waals surface area contributed by atoms with E-state index in [1.807, 2.05) is 0 Å². The smallest absolute Gasteiger partial charge is 0.309 e. The highest BCUT2D eigenvalue weighted by Gasteiger charge is 2.38. The minimum Gasteiger partial charge on any atom is -0.481 e. The van der Waals surface area contributed by atoms with Crippen molar-refractivity contribution in [2.45, 2.75) is 12.8 Å². The first-order valence-electron chi connectivity index (χ1n) is 4.88. The summed E-state index contributed by atoms with van der Waals surface area (Å²) in [6.07, 6.45) is -0.0105. The molecule has 0 amide bonds. The van der Waals surface area contributed by atoms with E-state index in [0.29, 0.717) is 0 Å². The van der Waals surface area contributed by atoms with Crippen molar-refractivity contribution in [2.75, 3.05) is 18.6 Å². The molecule has 0 saturated carbocycles. The fourth-order valence-electron chi connectivity index (χ4n) is 1.85. The molecule has 0 bridgehead atoms. The number of sulfone groups is 1. The topological polar surface area (TPSA) is 97.7 Å². The fourth-order valence-corrected chi connectivity index (χ4v) is 3.28. The zero-order valence-electron chi connectivity index (χ0n) is 8.88. The molecule has 92 valence electrons. The zero-order chi connectivity index (χ0) is 12.3. The second-order valence-corrected chi connectivity index (χ2v) is 6.11. The van der Waals surface area contributed by atoms with Crippen LogP contribution in [0, 0.1) is 11.8 Å². The molecule has 0 spiro atoms. The van der Waals surface area contributed by atoms with Gasteiger partial charge in [0, 0.05) is 0 Å². The van der Waals surface area contributed by atoms with Gasteiger partial charge >= 0.3 is 11.9 Å². The fraction of sp³-hybridized carbons (Fsp3) is 0.778. The molecule has 2 atom stereocenters. The van der Waals surface area contributed by atoms with Gasteiger partial charge < -0.3 is 9.84 Å². The van der Waals surface area contributed by atoms with Crippen LogP contribution in [-0.4, -0.2) is 44.1 Å². The number of carbonyl (C=O) groups is 2. The highest BCUT2D eigenvalue weighted by Crippen LogP contribution is 2.26. The van der Waals surface area contributed by atoms with Crippen LogP contribution in [0.25, 0.3) is 0 Å². The Labute approximate surface area is 93.5 Å². The number of carboxylic acid groups (broad SMARTS) is 1. The van der Waals surface area contributed by atoms with Crippen LogP contribution in [0.15, 0.2) is 0 Å². The Kier molecular flexibility index (Phi) is 3.90. The summed E-state index contributed by atoms with van der Waals surface area (Å²) in [5.41, 5.74) is 0. The number of rotatable bonds is 2. The lowest BCUT2D eigenvalue weighted by Crippen LogP contribution is -2.30. The van der Waals surface area contributed by atoms with Gasteiger partial charge in [-0.25, -0.2) is 8.42 Å². The van der Waals surface area contributed by atoms with Gasteiger partial charge in [0.05, 0.1) is 30.5 Å². The molecule has 0 aromatic heterocycles. The molecule has 1 heterocycles. The summed E-state index contributed by atoms with van der Waals surface area (Å²) in [7, 11) is -2.06. The number of esters is 1. The predicted octanol–water partition coefficient (Wildman–Crippen LogP) is -0.315. The van der Waals surface area contributed by atoms with Crippen LogP contribution in [-0.2, 0) is 24.2 Å². The van der Waals surface area contributed by atoms with Gasteiger partial charge in [-0.15, -0.1) is 0 Å². The highest BCUT2D eigenvalue weighted by molar-refractivity contribution is 7.91. The van der Waals surface area contributed by atoms with Crippen molar-refractivity contribution < 1.29 is 27.9 Å². The van der Waals surface area contributed by atoms with E-state index in [0.717, 1.165) is 0 Å². The Balaban J connectivity index is 2.94. The second kappa shape index (κ2) is 4.82. The summed E-state index contributed by atoms with van der Waals surface area (Å²) < 4.78 is 27.2. The van der Waals surface area contributed by atoms with Gasteiger partial charge in [-0.1, -0.05) is 0 Å². The average Bonchev–Trinajstić information content (AvgIpc) is 2.35. The molecule has 0 unspecified atom stereocenters. The van der Waals surface area contributed by atoms with Crippen LogP contribution in [0.5, 0.6) is 0 Å². The van der Waals surface area contributed by atoms with E-state index >= 15 is 0 Å². The van der Waals surface area contributed by atoms with Gasteiger partial charge in [-0.2, -0.15) is 0 Å². The molecule has 1 saturated heterocycles. The van der Waals surface area contributed by atoms with Crippen LogP contribution in [0.3, 0.4) is 0 Å². The molecule has 0 aliphatic carbocycles. The predicted molar refractivity (Wildman–Crippen MR) is 54.5 cm³/mol. The summed E-state index contributed by atoms with van der Waals surface area (Å²) in [6.45, 7) is 0. The summed E-state index contributed by atoms with van der Waals surface area (Å²) in [6, 6.07) is 0. The Bertz CT molecular complexity index is 385. The number of methoxy groups -OCH3 is 1. The molecule has 16 heavy (non-hydrogen) atoms. The van der Waals surface area contributed by atoms with Crippen molar-refractivity contribution in [3.8, 4) is 0 Å². The van der Waals surface area contributed by atoms with E-state index in [2.05, 4.69) is 4.74 Å². The first-order chi connectivity index (χ1) is 7.37. The van der Waals surface area contributed by atoms with E-state index in [1.54, 1.807) is 0 Å². The lowest BCUT2D eigenvalue weighted by molar-refractivity contribution is -0.155. The number of aliphatic carboxylic acids is 1.